The molecule has 0 radical (unpaired) electrons. The van der Waals surface area contributed by atoms with Crippen molar-refractivity contribution in [3.63, 3.8) is 0 Å². The second-order valence-corrected chi connectivity index (χ2v) is 10.8. The van der Waals surface area contributed by atoms with Gasteiger partial charge in [-0.15, -0.1) is 12.4 Å². The molecule has 12 nitrogen and oxygen atoms in total. The van der Waals surface area contributed by atoms with Crippen LogP contribution in [0.1, 0.15) is 55.7 Å². The fraction of sp³-hybridized carbons (Fsp3) is 0.571. The number of hydrogen-bond acceptors (Lipinski definition) is 9. The van der Waals surface area contributed by atoms with E-state index in [4.69, 9.17) is 13.6 Å². The van der Waals surface area contributed by atoms with E-state index >= 15 is 0 Å². The Labute approximate surface area is 244 Å². The predicted molar refractivity (Wildman–Crippen MR) is 151 cm³/mol. The normalized spacial score (nSPS) is 24.7. The molecule has 0 bridgehead atoms. The molecule has 41 heavy (non-hydrogen) atoms. The van der Waals surface area contributed by atoms with E-state index in [1.165, 1.54) is 0 Å². The Kier molecular flexibility index (Phi) is 9.77. The van der Waals surface area contributed by atoms with Gasteiger partial charge in [-0.25, -0.2) is 4.79 Å². The van der Waals surface area contributed by atoms with Crippen LogP contribution in [0.3, 0.4) is 0 Å². The van der Waals surface area contributed by atoms with Crippen LogP contribution in [0.4, 0.5) is 0 Å². The lowest BCUT2D eigenvalue weighted by molar-refractivity contribution is -0.144. The summed E-state index contributed by atoms with van der Waals surface area (Å²) in [5, 5.41) is 9.33. The van der Waals surface area contributed by atoms with Crippen molar-refractivity contribution in [2.75, 3.05) is 26.7 Å². The predicted octanol–water partition coefficient (Wildman–Crippen LogP) is 1.26. The van der Waals surface area contributed by atoms with Crippen LogP contribution in [0.5, 0.6) is 5.75 Å². The van der Waals surface area contributed by atoms with Crippen LogP contribution < -0.4 is 26.5 Å². The number of halogens is 1. The van der Waals surface area contributed by atoms with Crippen molar-refractivity contribution in [2.24, 2.45) is 0 Å². The fourth-order valence-electron chi connectivity index (χ4n) is 5.79. The van der Waals surface area contributed by atoms with Gasteiger partial charge in [0.2, 0.25) is 17.7 Å². The maximum atomic E-state index is 13.8. The Morgan fingerprint density at radius 2 is 1.88 bits per heavy atom. The highest BCUT2D eigenvalue weighted by atomic mass is 35.5. The minimum Gasteiger partial charge on any atom is -0.493 e. The van der Waals surface area contributed by atoms with E-state index < -0.39 is 23.9 Å². The van der Waals surface area contributed by atoms with Gasteiger partial charge >= 0.3 is 5.82 Å². The van der Waals surface area contributed by atoms with Gasteiger partial charge in [-0.05, 0) is 52.8 Å². The average Bonchev–Trinajstić information content (AvgIpc) is 3.50. The zero-order valence-electron chi connectivity index (χ0n) is 23.5. The number of rotatable bonds is 7. The van der Waals surface area contributed by atoms with E-state index in [1.807, 2.05) is 24.3 Å². The zero-order chi connectivity index (χ0) is 28.4. The van der Waals surface area contributed by atoms with Crippen LogP contribution in [-0.4, -0.2) is 78.4 Å². The van der Waals surface area contributed by atoms with E-state index in [0.29, 0.717) is 37.5 Å². The molecule has 4 heterocycles. The number of nitrogens with one attached hydrogen (secondary N) is 3. The molecule has 5 rings (SSSR count). The fourth-order valence-corrected chi connectivity index (χ4v) is 5.79. The molecule has 224 valence electrons. The monoisotopic (exact) mass is 591 g/mol. The van der Waals surface area contributed by atoms with Gasteiger partial charge < -0.3 is 34.4 Å². The van der Waals surface area contributed by atoms with Crippen LogP contribution in [0.25, 0.3) is 0 Å². The number of likely N-dealkylation sites (N-methyl/N-ethyl adjacent to an activating group) is 1. The van der Waals surface area contributed by atoms with Crippen molar-refractivity contribution in [3.05, 3.63) is 52.0 Å². The number of aryl methyl sites for hydroxylation is 1. The molecular weight excluding hydrogens is 554 g/mol. The summed E-state index contributed by atoms with van der Waals surface area (Å²) in [4.78, 5) is 55.4. The largest absolute Gasteiger partial charge is 0.519 e. The van der Waals surface area contributed by atoms with Gasteiger partial charge in [-0.1, -0.05) is 18.2 Å². The Balaban J connectivity index is 0.00000387. The molecule has 13 heteroatoms. The van der Waals surface area contributed by atoms with Crippen molar-refractivity contribution in [3.8, 4) is 5.75 Å². The average molecular weight is 592 g/mol. The number of para-hydroxylation sites is 1. The van der Waals surface area contributed by atoms with E-state index in [1.54, 1.807) is 30.7 Å². The second-order valence-electron chi connectivity index (χ2n) is 10.8. The van der Waals surface area contributed by atoms with Gasteiger partial charge in [-0.2, -0.15) is 0 Å². The molecule has 3 aliphatic heterocycles. The Hall–Kier alpha value is -3.35. The van der Waals surface area contributed by atoms with E-state index in [2.05, 4.69) is 16.0 Å². The highest BCUT2D eigenvalue weighted by Gasteiger charge is 2.44. The first-order chi connectivity index (χ1) is 19.2. The molecular formula is C28H38ClN5O7. The van der Waals surface area contributed by atoms with Gasteiger partial charge in [0.05, 0.1) is 25.2 Å². The van der Waals surface area contributed by atoms with Crippen molar-refractivity contribution < 1.29 is 28.0 Å². The smallest absolute Gasteiger partial charge is 0.493 e. The van der Waals surface area contributed by atoms with Crippen LogP contribution in [-0.2, 0) is 20.9 Å². The lowest BCUT2D eigenvalue weighted by atomic mass is 10.00. The lowest BCUT2D eigenvalue weighted by Gasteiger charge is -2.36. The summed E-state index contributed by atoms with van der Waals surface area (Å²) >= 11 is 0. The van der Waals surface area contributed by atoms with Crippen molar-refractivity contribution in [2.45, 2.75) is 76.3 Å². The van der Waals surface area contributed by atoms with Crippen molar-refractivity contribution in [1.82, 2.24) is 25.8 Å². The van der Waals surface area contributed by atoms with Crippen molar-refractivity contribution in [1.29, 1.82) is 0 Å². The van der Waals surface area contributed by atoms with Crippen LogP contribution in [0.2, 0.25) is 0 Å². The first-order valence-corrected chi connectivity index (χ1v) is 13.9. The summed E-state index contributed by atoms with van der Waals surface area (Å²) in [6, 6.07) is 5.36. The van der Waals surface area contributed by atoms with E-state index in [9.17, 15) is 19.2 Å². The molecule has 0 saturated carbocycles. The standard InChI is InChI=1S/C28H37N5O7.ClH/c1-16(32(3)15-24-17(2)39-28(37)40-24)25(34)31-21-14-29-12-10-18-8-9-22(33(18)27(21)36)26(35)30-20-11-13-38-23-7-5-4-6-19(20)23;/h4-7,16,18,20-22,29H,8-15H2,1-3H3,(H,30,35)(H,31,34);1H/t16-,18+,20+,21-,22-;/m0./s1. The summed E-state index contributed by atoms with van der Waals surface area (Å²) in [7, 11) is 1.72. The zero-order valence-corrected chi connectivity index (χ0v) is 24.3. The van der Waals surface area contributed by atoms with Crippen LogP contribution >= 0.6 is 12.4 Å². The molecule has 2 aromatic rings. The Morgan fingerprint density at radius 1 is 1.10 bits per heavy atom. The number of carbonyl (C=O) groups excluding carboxylic acids is 3. The topological polar surface area (TPSA) is 146 Å². The quantitative estimate of drug-likeness (QED) is 0.433. The first-order valence-electron chi connectivity index (χ1n) is 13.9. The second kappa shape index (κ2) is 13.1. The molecule has 3 amide bonds. The van der Waals surface area contributed by atoms with Gasteiger partial charge in [0.1, 0.15) is 23.6 Å². The van der Waals surface area contributed by atoms with Gasteiger partial charge in [0.15, 0.2) is 5.76 Å². The number of amides is 3. The third kappa shape index (κ3) is 6.60. The number of hydrogen-bond donors (Lipinski definition) is 3. The lowest BCUT2D eigenvalue weighted by Crippen LogP contribution is -2.61. The summed E-state index contributed by atoms with van der Waals surface area (Å²) in [6.45, 7) is 4.98. The minimum atomic E-state index is -0.822. The first kappa shape index (κ1) is 30.6. The molecule has 0 unspecified atom stereocenters. The number of ether oxygens (including phenoxy) is 1. The molecule has 0 aliphatic carbocycles. The SMILES string of the molecule is Cc1oc(=O)oc1CN(C)[C@@H](C)C(=O)N[C@H]1CNCC[C@H]2CC[C@@H](C(=O)N[C@@H]3CCOc4ccccc43)N2C1=O.Cl. The molecule has 3 aliphatic rings. The molecule has 1 aromatic heterocycles. The summed E-state index contributed by atoms with van der Waals surface area (Å²) in [5.74, 6) is -0.104. The molecule has 1 aromatic carbocycles. The number of benzene rings is 1. The molecule has 5 atom stereocenters. The number of carbonyl (C=O) groups is 3. The van der Waals surface area contributed by atoms with Gasteiger partial charge in [-0.3, -0.25) is 19.3 Å². The highest BCUT2D eigenvalue weighted by Crippen LogP contribution is 2.33. The third-order valence-corrected chi connectivity index (χ3v) is 8.22. The maximum absolute atomic E-state index is 13.8. The van der Waals surface area contributed by atoms with E-state index in [0.717, 1.165) is 24.2 Å². The van der Waals surface area contributed by atoms with E-state index in [-0.39, 0.29) is 55.3 Å². The van der Waals surface area contributed by atoms with Crippen LogP contribution in [0, 0.1) is 6.92 Å². The summed E-state index contributed by atoms with van der Waals surface area (Å²) < 4.78 is 15.7. The van der Waals surface area contributed by atoms with Gasteiger partial charge in [0, 0.05) is 24.6 Å². The molecule has 2 fully saturated rings. The number of fused-ring (bicyclic) bond motifs is 2. The Bertz CT molecular complexity index is 1310. The van der Waals surface area contributed by atoms with Gasteiger partial charge in [0.25, 0.3) is 0 Å². The highest BCUT2D eigenvalue weighted by molar-refractivity contribution is 5.94. The summed E-state index contributed by atoms with van der Waals surface area (Å²) in [5.41, 5.74) is 0.938. The number of nitrogens with zero attached hydrogens (tertiary/aromatic N) is 2. The molecule has 3 N–H and O–H groups in total. The third-order valence-electron chi connectivity index (χ3n) is 8.22. The van der Waals surface area contributed by atoms with Crippen LogP contribution in [0.15, 0.2) is 37.9 Å². The Morgan fingerprint density at radius 3 is 2.63 bits per heavy atom. The molecule has 0 spiro atoms. The minimum absolute atomic E-state index is 0. The molecule has 2 saturated heterocycles. The summed E-state index contributed by atoms with van der Waals surface area (Å²) in [6.07, 6.45) is 2.69. The van der Waals surface area contributed by atoms with Crippen molar-refractivity contribution >= 4 is 30.1 Å². The maximum Gasteiger partial charge on any atom is 0.519 e.